The number of rotatable bonds is 10. The molecule has 0 saturated heterocycles. The molecule has 0 aliphatic carbocycles. The fourth-order valence-electron chi connectivity index (χ4n) is 6.55. The van der Waals surface area contributed by atoms with Gasteiger partial charge >= 0.3 is 0 Å². The number of benzene rings is 4. The van der Waals surface area contributed by atoms with Crippen LogP contribution in [-0.2, 0) is 29.9 Å². The first kappa shape index (κ1) is 29.9. The van der Waals surface area contributed by atoms with Crippen molar-refractivity contribution in [2.24, 2.45) is 5.92 Å². The summed E-state index contributed by atoms with van der Waals surface area (Å²) in [6.45, 7) is 2.59. The molecule has 2 N–H and O–H groups in total. The number of allylic oxidation sites excluding steroid dienone is 1. The fourth-order valence-corrected chi connectivity index (χ4v) is 6.72. The van der Waals surface area contributed by atoms with Crippen LogP contribution in [0.5, 0.6) is 0 Å². The lowest BCUT2D eigenvalue weighted by atomic mass is 9.83. The third-order valence-corrected chi connectivity index (χ3v) is 9.10. The molecule has 2 amide bonds. The van der Waals surface area contributed by atoms with E-state index in [9.17, 15) is 14.7 Å². The first-order valence-corrected chi connectivity index (χ1v) is 15.6. The van der Waals surface area contributed by atoms with E-state index >= 15 is 0 Å². The highest BCUT2D eigenvalue weighted by Crippen LogP contribution is 2.47. The second-order valence-electron chi connectivity index (χ2n) is 11.8. The number of hydrogen-bond donors (Lipinski definition) is 2. The van der Waals surface area contributed by atoms with E-state index in [1.54, 1.807) is 38.9 Å². The minimum Gasteiger partial charge on any atom is -0.396 e. The summed E-state index contributed by atoms with van der Waals surface area (Å²) in [6.07, 6.45) is 6.63. The summed E-state index contributed by atoms with van der Waals surface area (Å²) >= 11 is 6.38. The molecule has 2 aliphatic rings. The zero-order chi connectivity index (χ0) is 32.0. The summed E-state index contributed by atoms with van der Waals surface area (Å²) in [6, 6.07) is 24.4. The summed E-state index contributed by atoms with van der Waals surface area (Å²) in [7, 11) is 0. The van der Waals surface area contributed by atoms with Gasteiger partial charge in [-0.15, -0.1) is 5.10 Å². The Morgan fingerprint density at radius 3 is 2.63 bits per heavy atom. The second kappa shape index (κ2) is 11.8. The van der Waals surface area contributed by atoms with E-state index < -0.39 is 17.4 Å². The van der Waals surface area contributed by atoms with E-state index in [0.29, 0.717) is 46.9 Å². The number of aliphatic hydroxyl groups excluding tert-OH is 1. The lowest BCUT2D eigenvalue weighted by molar-refractivity contribution is -0.139. The quantitative estimate of drug-likeness (QED) is 0.185. The maximum absolute atomic E-state index is 14.1. The predicted molar refractivity (Wildman–Crippen MR) is 177 cm³/mol. The molecule has 2 atom stereocenters. The van der Waals surface area contributed by atoms with Crippen LogP contribution in [0.3, 0.4) is 0 Å². The summed E-state index contributed by atoms with van der Waals surface area (Å²) < 4.78 is 1.70. The molecular weight excluding hydrogens is 602 g/mol. The molecule has 0 saturated carbocycles. The molecule has 3 heterocycles. The van der Waals surface area contributed by atoms with E-state index in [1.807, 2.05) is 79.7 Å². The third-order valence-electron chi connectivity index (χ3n) is 8.86. The van der Waals surface area contributed by atoms with Crippen molar-refractivity contribution in [3.8, 4) is 0 Å². The van der Waals surface area contributed by atoms with Crippen molar-refractivity contribution in [3.05, 3.63) is 125 Å². The van der Waals surface area contributed by atoms with E-state index in [0.717, 1.165) is 27.7 Å². The van der Waals surface area contributed by atoms with E-state index in [4.69, 9.17) is 16.7 Å². The van der Waals surface area contributed by atoms with Crippen LogP contribution in [0, 0.1) is 5.92 Å². The van der Waals surface area contributed by atoms with Crippen LogP contribution in [0.25, 0.3) is 10.8 Å². The lowest BCUT2D eigenvalue weighted by Crippen LogP contribution is -2.44. The molecule has 4 aromatic carbocycles. The van der Waals surface area contributed by atoms with E-state index in [1.165, 1.54) is 0 Å². The van der Waals surface area contributed by atoms with Crippen LogP contribution in [0.2, 0.25) is 5.02 Å². The lowest BCUT2D eigenvalue weighted by Gasteiger charge is -2.28. The molecule has 10 heteroatoms. The highest BCUT2D eigenvalue weighted by Gasteiger charge is 2.52. The van der Waals surface area contributed by atoms with Gasteiger partial charge in [-0.2, -0.15) is 0 Å². The van der Waals surface area contributed by atoms with Crippen molar-refractivity contribution < 1.29 is 19.8 Å². The number of aliphatic hydroxyl groups is 2. The highest BCUT2D eigenvalue weighted by molar-refractivity contribution is 6.31. The van der Waals surface area contributed by atoms with Crippen LogP contribution in [-0.4, -0.2) is 43.6 Å². The summed E-state index contributed by atoms with van der Waals surface area (Å²) in [4.78, 5) is 31.0. The van der Waals surface area contributed by atoms with Crippen molar-refractivity contribution in [3.63, 3.8) is 0 Å². The van der Waals surface area contributed by atoms with Crippen molar-refractivity contribution >= 4 is 51.2 Å². The smallest absolute Gasteiger partial charge is 0.264 e. The first-order valence-electron chi connectivity index (χ1n) is 15.3. The molecule has 0 bridgehead atoms. The van der Waals surface area contributed by atoms with Crippen molar-refractivity contribution in [2.45, 2.75) is 38.5 Å². The van der Waals surface area contributed by atoms with Crippen LogP contribution >= 0.6 is 11.6 Å². The number of fused-ring (bicyclic) bond motifs is 1. The topological polar surface area (TPSA) is 112 Å². The van der Waals surface area contributed by atoms with Gasteiger partial charge in [0.25, 0.3) is 11.8 Å². The third kappa shape index (κ3) is 4.97. The second-order valence-corrected chi connectivity index (χ2v) is 12.2. The van der Waals surface area contributed by atoms with Crippen molar-refractivity contribution in [2.75, 3.05) is 16.4 Å². The zero-order valence-corrected chi connectivity index (χ0v) is 25.9. The molecule has 46 heavy (non-hydrogen) atoms. The predicted octanol–water partition coefficient (Wildman–Crippen LogP) is 5.93. The van der Waals surface area contributed by atoms with Gasteiger partial charge in [-0.1, -0.05) is 72.3 Å². The summed E-state index contributed by atoms with van der Waals surface area (Å²) in [5, 5.41) is 31.6. The van der Waals surface area contributed by atoms with Crippen molar-refractivity contribution in [1.82, 2.24) is 15.0 Å². The molecule has 232 valence electrons. The Bertz CT molecular complexity index is 2020. The van der Waals surface area contributed by atoms with Crippen LogP contribution < -0.4 is 9.80 Å². The highest BCUT2D eigenvalue weighted by atomic mass is 35.5. The molecule has 0 radical (unpaired) electrons. The van der Waals surface area contributed by atoms with Crippen LogP contribution in [0.4, 0.5) is 17.1 Å². The molecule has 5 aromatic rings. The molecule has 7 rings (SSSR count). The van der Waals surface area contributed by atoms with Gasteiger partial charge in [0.1, 0.15) is 0 Å². The Labute approximate surface area is 270 Å². The van der Waals surface area contributed by atoms with Crippen molar-refractivity contribution in [1.29, 1.82) is 0 Å². The Kier molecular flexibility index (Phi) is 7.68. The Morgan fingerprint density at radius 2 is 1.80 bits per heavy atom. The van der Waals surface area contributed by atoms with Gasteiger partial charge in [-0.25, -0.2) is 0 Å². The monoisotopic (exact) mass is 633 g/mol. The average molecular weight is 634 g/mol. The Balaban J connectivity index is 1.13. The molecule has 0 spiro atoms. The van der Waals surface area contributed by atoms with E-state index in [2.05, 4.69) is 10.3 Å². The summed E-state index contributed by atoms with van der Waals surface area (Å²) in [5.74, 6) is -1.09. The molecule has 0 fully saturated rings. The zero-order valence-electron chi connectivity index (χ0n) is 25.2. The Morgan fingerprint density at radius 1 is 1.00 bits per heavy atom. The average Bonchev–Trinajstić information content (AvgIpc) is 3.69. The van der Waals surface area contributed by atoms with Crippen LogP contribution in [0.15, 0.2) is 97.2 Å². The number of carbonyl (C=O) groups excluding carboxylic acids is 2. The largest absolute Gasteiger partial charge is 0.396 e. The molecular formula is C36H32ClN5O4. The Hall–Kier alpha value is -4.83. The number of anilines is 3. The summed E-state index contributed by atoms with van der Waals surface area (Å²) in [5.41, 5.74) is 2.96. The number of aromatic nitrogens is 3. The molecule has 2 aliphatic heterocycles. The van der Waals surface area contributed by atoms with Gasteiger partial charge in [-0.3, -0.25) is 19.2 Å². The molecule has 0 unspecified atom stereocenters. The number of nitrogens with zero attached hydrogens (tertiary/aromatic N) is 5. The van der Waals surface area contributed by atoms with Gasteiger partial charge in [0.2, 0.25) is 0 Å². The number of halogens is 1. The maximum atomic E-state index is 14.1. The number of aryl methyl sites for hydroxylation is 1. The standard InChI is InChI=1S/C36H32ClN5O4/c1-23(7-2-3-17-40-22-27(16-18-43)38-39-40)36(46)30-20-26(37)14-15-31(30)41(35(36)45)21-24-8-4-11-28(19-24)42-32-13-6-10-25-9-5-12-29(33(25)32)34(42)44/h2,4-15,19-20,22-23,43,46H,3,16-18,21H2,1H3/b7-2+/t23-,36+/m1/s1. The number of carbonyl (C=O) groups is 2. The minimum atomic E-state index is -1.82. The van der Waals surface area contributed by atoms with Gasteiger partial charge in [0.15, 0.2) is 5.60 Å². The fraction of sp³-hybridized carbons (Fsp3) is 0.222. The minimum absolute atomic E-state index is 0.0143. The van der Waals surface area contributed by atoms with Gasteiger partial charge in [0.05, 0.1) is 29.2 Å². The molecule has 1 aromatic heterocycles. The SMILES string of the molecule is C[C@H](/C=C/CCn1cc(CCO)nn1)[C@@]1(O)C(=O)N(Cc2cccc(N3C(=O)c4cccc5cccc3c45)c2)c2ccc(Cl)cc21. The maximum Gasteiger partial charge on any atom is 0.264 e. The first-order chi connectivity index (χ1) is 22.3. The number of hydrogen-bond acceptors (Lipinski definition) is 6. The van der Waals surface area contributed by atoms with Gasteiger partial charge < -0.3 is 15.1 Å². The van der Waals surface area contributed by atoms with E-state index in [-0.39, 0.29) is 19.1 Å². The normalized spacial score (nSPS) is 17.9. The van der Waals surface area contributed by atoms with Gasteiger partial charge in [-0.05, 0) is 59.8 Å². The van der Waals surface area contributed by atoms with Crippen LogP contribution in [0.1, 0.15) is 40.5 Å². The number of amides is 2. The van der Waals surface area contributed by atoms with Gasteiger partial charge in [0, 0.05) is 53.3 Å². The molecule has 9 nitrogen and oxygen atoms in total.